The number of nitro groups is 1. The Morgan fingerprint density at radius 1 is 1.43 bits per heavy atom. The summed E-state index contributed by atoms with van der Waals surface area (Å²) in [6.45, 7) is -0.193. The van der Waals surface area contributed by atoms with Crippen molar-refractivity contribution < 1.29 is 22.5 Å². The molecule has 0 atom stereocenters. The zero-order valence-electron chi connectivity index (χ0n) is 11.3. The van der Waals surface area contributed by atoms with E-state index in [1.807, 2.05) is 0 Å². The number of carbonyl (C=O) groups is 1. The SMILES string of the molecule is CNc1cc(C(=O)NCCS(C)(=O)=O)c([N+](=O)[O-])cc1F. The fourth-order valence-electron chi connectivity index (χ4n) is 1.53. The summed E-state index contributed by atoms with van der Waals surface area (Å²) in [6, 6.07) is 1.64. The van der Waals surface area contributed by atoms with E-state index in [0.717, 1.165) is 12.3 Å². The molecule has 8 nitrogen and oxygen atoms in total. The van der Waals surface area contributed by atoms with Gasteiger partial charge in [-0.1, -0.05) is 0 Å². The van der Waals surface area contributed by atoms with E-state index in [4.69, 9.17) is 0 Å². The minimum Gasteiger partial charge on any atom is -0.386 e. The fraction of sp³-hybridized carbons (Fsp3) is 0.364. The van der Waals surface area contributed by atoms with Gasteiger partial charge in [-0.25, -0.2) is 12.8 Å². The van der Waals surface area contributed by atoms with Crippen LogP contribution in [0.3, 0.4) is 0 Å². The predicted molar refractivity (Wildman–Crippen MR) is 74.6 cm³/mol. The monoisotopic (exact) mass is 319 g/mol. The number of benzene rings is 1. The van der Waals surface area contributed by atoms with Crippen LogP contribution in [0.5, 0.6) is 0 Å². The van der Waals surface area contributed by atoms with Gasteiger partial charge in [0.15, 0.2) is 5.82 Å². The van der Waals surface area contributed by atoms with E-state index >= 15 is 0 Å². The molecule has 0 saturated heterocycles. The molecular weight excluding hydrogens is 305 g/mol. The van der Waals surface area contributed by atoms with Crippen molar-refractivity contribution in [3.63, 3.8) is 0 Å². The molecule has 0 heterocycles. The Balaban J connectivity index is 3.04. The van der Waals surface area contributed by atoms with Crippen LogP contribution >= 0.6 is 0 Å². The summed E-state index contributed by atoms with van der Waals surface area (Å²) in [5, 5.41) is 15.6. The van der Waals surface area contributed by atoms with E-state index in [2.05, 4.69) is 10.6 Å². The van der Waals surface area contributed by atoms with Crippen LogP contribution < -0.4 is 10.6 Å². The van der Waals surface area contributed by atoms with Crippen LogP contribution in [0.25, 0.3) is 0 Å². The molecule has 0 bridgehead atoms. The number of hydrogen-bond donors (Lipinski definition) is 2. The van der Waals surface area contributed by atoms with E-state index in [-0.39, 0.29) is 23.5 Å². The van der Waals surface area contributed by atoms with Gasteiger partial charge < -0.3 is 10.6 Å². The molecular formula is C11H14FN3O5S. The van der Waals surface area contributed by atoms with Crippen molar-refractivity contribution in [3.8, 4) is 0 Å². The molecule has 0 radical (unpaired) electrons. The van der Waals surface area contributed by atoms with Gasteiger partial charge in [-0.05, 0) is 6.07 Å². The summed E-state index contributed by atoms with van der Waals surface area (Å²) in [5.74, 6) is -2.01. The first kappa shape index (κ1) is 16.8. The van der Waals surface area contributed by atoms with Crippen LogP contribution in [0.2, 0.25) is 0 Å². The van der Waals surface area contributed by atoms with Crippen molar-refractivity contribution in [1.29, 1.82) is 0 Å². The molecule has 0 spiro atoms. The van der Waals surface area contributed by atoms with Crippen LogP contribution in [0.4, 0.5) is 15.8 Å². The lowest BCUT2D eigenvalue weighted by atomic mass is 10.1. The third-order valence-electron chi connectivity index (χ3n) is 2.55. The number of anilines is 1. The highest BCUT2D eigenvalue weighted by atomic mass is 32.2. The molecule has 1 aromatic rings. The summed E-state index contributed by atoms with van der Waals surface area (Å²) in [5.41, 5.74) is -1.11. The Bertz CT molecular complexity index is 675. The molecule has 1 aromatic carbocycles. The molecule has 0 aliphatic rings. The number of sulfone groups is 1. The molecule has 116 valence electrons. The van der Waals surface area contributed by atoms with Gasteiger partial charge >= 0.3 is 0 Å². The maximum Gasteiger partial charge on any atom is 0.285 e. The second kappa shape index (κ2) is 6.48. The first-order valence-corrected chi connectivity index (χ1v) is 7.83. The van der Waals surface area contributed by atoms with Gasteiger partial charge in [0.25, 0.3) is 11.6 Å². The van der Waals surface area contributed by atoms with Crippen molar-refractivity contribution in [1.82, 2.24) is 5.32 Å². The van der Waals surface area contributed by atoms with Gasteiger partial charge in [0.2, 0.25) is 0 Å². The number of carbonyl (C=O) groups excluding carboxylic acids is 1. The number of amides is 1. The maximum atomic E-state index is 13.5. The summed E-state index contributed by atoms with van der Waals surface area (Å²) in [7, 11) is -1.87. The van der Waals surface area contributed by atoms with Gasteiger partial charge in [-0.2, -0.15) is 0 Å². The summed E-state index contributed by atoms with van der Waals surface area (Å²) < 4.78 is 35.4. The lowest BCUT2D eigenvalue weighted by Crippen LogP contribution is -2.29. The second-order valence-corrected chi connectivity index (χ2v) is 6.50. The first-order chi connectivity index (χ1) is 9.65. The first-order valence-electron chi connectivity index (χ1n) is 5.77. The molecule has 1 rings (SSSR count). The number of rotatable bonds is 6. The van der Waals surface area contributed by atoms with E-state index in [1.54, 1.807) is 0 Å². The van der Waals surface area contributed by atoms with Crippen molar-refractivity contribution in [2.75, 3.05) is 30.9 Å². The Hall–Kier alpha value is -2.23. The van der Waals surface area contributed by atoms with Crippen LogP contribution in [0.15, 0.2) is 12.1 Å². The third kappa shape index (κ3) is 4.67. The van der Waals surface area contributed by atoms with Gasteiger partial charge in [0.05, 0.1) is 22.4 Å². The second-order valence-electron chi connectivity index (χ2n) is 4.24. The molecule has 0 aliphatic heterocycles. The highest BCUT2D eigenvalue weighted by Gasteiger charge is 2.23. The molecule has 0 saturated carbocycles. The van der Waals surface area contributed by atoms with E-state index in [0.29, 0.717) is 6.07 Å². The number of nitro benzene ring substituents is 1. The number of halogens is 1. The lowest BCUT2D eigenvalue weighted by molar-refractivity contribution is -0.385. The molecule has 21 heavy (non-hydrogen) atoms. The maximum absolute atomic E-state index is 13.5. The Labute approximate surface area is 120 Å². The Morgan fingerprint density at radius 3 is 2.52 bits per heavy atom. The molecule has 0 unspecified atom stereocenters. The van der Waals surface area contributed by atoms with Gasteiger partial charge in [-0.15, -0.1) is 0 Å². The summed E-state index contributed by atoms with van der Waals surface area (Å²) in [4.78, 5) is 21.8. The van der Waals surface area contributed by atoms with Crippen molar-refractivity contribution in [2.45, 2.75) is 0 Å². The highest BCUT2D eigenvalue weighted by molar-refractivity contribution is 7.90. The molecule has 0 fully saturated rings. The molecule has 0 aromatic heterocycles. The minimum atomic E-state index is -3.27. The number of hydrogen-bond acceptors (Lipinski definition) is 6. The molecule has 1 amide bonds. The normalized spacial score (nSPS) is 11.0. The molecule has 2 N–H and O–H groups in total. The number of nitrogens with one attached hydrogen (secondary N) is 2. The Kier molecular flexibility index (Phi) is 5.19. The van der Waals surface area contributed by atoms with E-state index < -0.39 is 32.2 Å². The van der Waals surface area contributed by atoms with Crippen LogP contribution in [-0.2, 0) is 9.84 Å². The van der Waals surface area contributed by atoms with Gasteiger partial charge in [-0.3, -0.25) is 14.9 Å². The van der Waals surface area contributed by atoms with E-state index in [9.17, 15) is 27.7 Å². The molecule has 0 aliphatic carbocycles. The zero-order chi connectivity index (χ0) is 16.2. The van der Waals surface area contributed by atoms with Crippen molar-refractivity contribution in [3.05, 3.63) is 33.6 Å². The fourth-order valence-corrected chi connectivity index (χ4v) is 2.01. The third-order valence-corrected chi connectivity index (χ3v) is 3.50. The average Bonchev–Trinajstić information content (AvgIpc) is 2.36. The predicted octanol–water partition coefficient (Wildman–Crippen LogP) is 0.550. The highest BCUT2D eigenvalue weighted by Crippen LogP contribution is 2.25. The minimum absolute atomic E-state index is 0.0751. The van der Waals surface area contributed by atoms with Crippen LogP contribution in [0.1, 0.15) is 10.4 Å². The Morgan fingerprint density at radius 2 is 2.05 bits per heavy atom. The zero-order valence-corrected chi connectivity index (χ0v) is 12.2. The summed E-state index contributed by atoms with van der Waals surface area (Å²) >= 11 is 0. The quantitative estimate of drug-likeness (QED) is 0.584. The average molecular weight is 319 g/mol. The van der Waals surface area contributed by atoms with Crippen molar-refractivity contribution in [2.24, 2.45) is 0 Å². The van der Waals surface area contributed by atoms with Gasteiger partial charge in [0, 0.05) is 19.8 Å². The standard InChI is InChI=1S/C11H14FN3O5S/c1-13-9-5-7(10(15(17)18)6-8(9)12)11(16)14-3-4-21(2,19)20/h5-6,13H,3-4H2,1-2H3,(H,14,16). The van der Waals surface area contributed by atoms with Gasteiger partial charge in [0.1, 0.15) is 15.4 Å². The summed E-state index contributed by atoms with van der Waals surface area (Å²) in [6.07, 6.45) is 0.999. The van der Waals surface area contributed by atoms with E-state index in [1.165, 1.54) is 7.05 Å². The largest absolute Gasteiger partial charge is 0.386 e. The topological polar surface area (TPSA) is 118 Å². The number of nitrogens with zero attached hydrogens (tertiary/aromatic N) is 1. The van der Waals surface area contributed by atoms with Crippen molar-refractivity contribution >= 4 is 27.1 Å². The van der Waals surface area contributed by atoms with Crippen LogP contribution in [-0.4, -0.2) is 44.8 Å². The van der Waals surface area contributed by atoms with Crippen LogP contribution in [0, 0.1) is 15.9 Å². The lowest BCUT2D eigenvalue weighted by Gasteiger charge is -2.08. The smallest absolute Gasteiger partial charge is 0.285 e. The molecule has 10 heteroatoms.